The van der Waals surface area contributed by atoms with Gasteiger partial charge in [-0.2, -0.15) is 0 Å². The molecule has 0 bridgehead atoms. The van der Waals surface area contributed by atoms with Crippen LogP contribution in [0.1, 0.15) is 24.3 Å². The summed E-state index contributed by atoms with van der Waals surface area (Å²) in [6, 6.07) is 14.5. The molecule has 1 aliphatic carbocycles. The van der Waals surface area contributed by atoms with Gasteiger partial charge in [0.2, 0.25) is 0 Å². The SMILES string of the molecule is CS(=O)(=O)c1ccc(OC[C@@H](O)CN[C@H]2C[C@H](c3cccc(Cl)c3)C2)cc1. The van der Waals surface area contributed by atoms with Crippen LogP contribution in [0.25, 0.3) is 0 Å². The first-order valence-corrected chi connectivity index (χ1v) is 11.2. The van der Waals surface area contributed by atoms with E-state index in [1.165, 1.54) is 17.7 Å². The van der Waals surface area contributed by atoms with Gasteiger partial charge >= 0.3 is 0 Å². The molecule has 0 spiro atoms. The van der Waals surface area contributed by atoms with Crippen LogP contribution >= 0.6 is 11.6 Å². The zero-order chi connectivity index (χ0) is 19.4. The van der Waals surface area contributed by atoms with Crippen LogP contribution in [0.4, 0.5) is 0 Å². The Morgan fingerprint density at radius 1 is 1.22 bits per heavy atom. The van der Waals surface area contributed by atoms with Gasteiger partial charge in [-0.1, -0.05) is 23.7 Å². The number of sulfone groups is 1. The summed E-state index contributed by atoms with van der Waals surface area (Å²) in [4.78, 5) is 0.247. The molecule has 1 atom stereocenters. The second kappa shape index (κ2) is 8.61. The maximum Gasteiger partial charge on any atom is 0.175 e. The summed E-state index contributed by atoms with van der Waals surface area (Å²) in [5.41, 5.74) is 1.27. The Kier molecular flexibility index (Phi) is 6.42. The molecule has 0 heterocycles. The van der Waals surface area contributed by atoms with Crippen LogP contribution < -0.4 is 10.1 Å². The van der Waals surface area contributed by atoms with E-state index in [4.69, 9.17) is 16.3 Å². The molecule has 0 amide bonds. The molecule has 7 heteroatoms. The van der Waals surface area contributed by atoms with E-state index in [1.807, 2.05) is 18.2 Å². The number of nitrogens with one attached hydrogen (secondary N) is 1. The highest BCUT2D eigenvalue weighted by atomic mass is 35.5. The topological polar surface area (TPSA) is 75.6 Å². The average Bonchev–Trinajstić information content (AvgIpc) is 2.58. The Labute approximate surface area is 165 Å². The number of rotatable bonds is 8. The van der Waals surface area contributed by atoms with E-state index >= 15 is 0 Å². The van der Waals surface area contributed by atoms with Crippen molar-refractivity contribution in [3.63, 3.8) is 0 Å². The van der Waals surface area contributed by atoms with Gasteiger partial charge in [0.1, 0.15) is 18.5 Å². The Bertz CT molecular complexity index is 864. The first kappa shape index (κ1) is 20.1. The van der Waals surface area contributed by atoms with Gasteiger partial charge in [0.05, 0.1) is 4.90 Å². The number of aliphatic hydroxyl groups excluding tert-OH is 1. The van der Waals surface area contributed by atoms with Crippen LogP contribution in [-0.4, -0.2) is 45.1 Å². The number of hydrogen-bond acceptors (Lipinski definition) is 5. The third-order valence-corrected chi connectivity index (χ3v) is 6.16. The monoisotopic (exact) mass is 409 g/mol. The molecule has 0 aliphatic heterocycles. The Hall–Kier alpha value is -1.60. The van der Waals surface area contributed by atoms with Crippen molar-refractivity contribution in [2.24, 2.45) is 0 Å². The van der Waals surface area contributed by atoms with E-state index in [1.54, 1.807) is 12.1 Å². The normalized spacial score (nSPS) is 20.7. The molecule has 0 radical (unpaired) electrons. The first-order valence-electron chi connectivity index (χ1n) is 8.91. The quantitative estimate of drug-likeness (QED) is 0.700. The fraction of sp³-hybridized carbons (Fsp3) is 0.400. The van der Waals surface area contributed by atoms with Crippen molar-refractivity contribution in [3.05, 3.63) is 59.1 Å². The second-order valence-electron chi connectivity index (χ2n) is 7.04. The third kappa shape index (κ3) is 5.69. The highest BCUT2D eigenvalue weighted by Crippen LogP contribution is 2.37. The van der Waals surface area contributed by atoms with Gasteiger partial charge in [-0.25, -0.2) is 8.42 Å². The van der Waals surface area contributed by atoms with Crippen LogP contribution in [0.5, 0.6) is 5.75 Å². The Balaban J connectivity index is 1.36. The third-order valence-electron chi connectivity index (χ3n) is 4.79. The number of ether oxygens (including phenoxy) is 1. The van der Waals surface area contributed by atoms with E-state index < -0.39 is 15.9 Å². The lowest BCUT2D eigenvalue weighted by molar-refractivity contribution is 0.0981. The summed E-state index contributed by atoms with van der Waals surface area (Å²) < 4.78 is 28.4. The fourth-order valence-corrected chi connectivity index (χ4v) is 3.98. The molecule has 3 rings (SSSR count). The van der Waals surface area contributed by atoms with Crippen molar-refractivity contribution in [2.75, 3.05) is 19.4 Å². The minimum Gasteiger partial charge on any atom is -0.491 e. The van der Waals surface area contributed by atoms with Gasteiger partial charge in [0, 0.05) is 23.9 Å². The van der Waals surface area contributed by atoms with E-state index in [2.05, 4.69) is 11.4 Å². The predicted molar refractivity (Wildman–Crippen MR) is 106 cm³/mol. The summed E-state index contributed by atoms with van der Waals surface area (Å²) in [7, 11) is -3.21. The number of benzene rings is 2. The smallest absolute Gasteiger partial charge is 0.175 e. The predicted octanol–water partition coefficient (Wildman–Crippen LogP) is 3.02. The summed E-state index contributed by atoms with van der Waals surface area (Å²) in [6.07, 6.45) is 2.59. The standard InChI is InChI=1S/C20H24ClNO4S/c1-27(24,25)20-7-5-19(6-8-20)26-13-18(23)12-22-17-10-15(11-17)14-3-2-4-16(21)9-14/h2-9,15,17-18,22-23H,10-13H2,1H3/t15-,17-,18-/m0/s1. The minimum absolute atomic E-state index is 0.148. The molecule has 1 saturated carbocycles. The lowest BCUT2D eigenvalue weighted by Crippen LogP contribution is -2.44. The van der Waals surface area contributed by atoms with Crippen LogP contribution in [0, 0.1) is 0 Å². The number of hydrogen-bond donors (Lipinski definition) is 2. The highest BCUT2D eigenvalue weighted by Gasteiger charge is 2.30. The van der Waals surface area contributed by atoms with Gasteiger partial charge in [-0.05, 0) is 60.7 Å². The molecule has 1 fully saturated rings. The van der Waals surface area contributed by atoms with Crippen molar-refractivity contribution in [1.29, 1.82) is 0 Å². The lowest BCUT2D eigenvalue weighted by atomic mass is 9.76. The minimum atomic E-state index is -3.21. The average molecular weight is 410 g/mol. The number of halogens is 1. The Morgan fingerprint density at radius 3 is 2.56 bits per heavy atom. The molecule has 27 heavy (non-hydrogen) atoms. The summed E-state index contributed by atoms with van der Waals surface area (Å²) >= 11 is 6.03. The zero-order valence-electron chi connectivity index (χ0n) is 15.1. The maximum absolute atomic E-state index is 11.4. The summed E-state index contributed by atoms with van der Waals surface area (Å²) in [6.45, 7) is 0.601. The van der Waals surface area contributed by atoms with Crippen molar-refractivity contribution < 1.29 is 18.3 Å². The van der Waals surface area contributed by atoms with E-state index in [-0.39, 0.29) is 11.5 Å². The molecule has 2 aromatic rings. The van der Waals surface area contributed by atoms with Gasteiger partial charge in [-0.15, -0.1) is 0 Å². The zero-order valence-corrected chi connectivity index (χ0v) is 16.7. The van der Waals surface area contributed by atoms with E-state index in [0.29, 0.717) is 24.3 Å². The molecular formula is C20H24ClNO4S. The van der Waals surface area contributed by atoms with Crippen molar-refractivity contribution >= 4 is 21.4 Å². The first-order chi connectivity index (χ1) is 12.8. The van der Waals surface area contributed by atoms with Crippen molar-refractivity contribution in [3.8, 4) is 5.75 Å². The van der Waals surface area contributed by atoms with Crippen molar-refractivity contribution in [1.82, 2.24) is 5.32 Å². The van der Waals surface area contributed by atoms with Gasteiger partial charge < -0.3 is 15.2 Å². The van der Waals surface area contributed by atoms with Gasteiger partial charge in [-0.3, -0.25) is 0 Å². The Morgan fingerprint density at radius 2 is 1.93 bits per heavy atom. The highest BCUT2D eigenvalue weighted by molar-refractivity contribution is 7.90. The second-order valence-corrected chi connectivity index (χ2v) is 9.49. The van der Waals surface area contributed by atoms with Gasteiger partial charge in [0.15, 0.2) is 9.84 Å². The maximum atomic E-state index is 11.4. The molecule has 2 aromatic carbocycles. The largest absolute Gasteiger partial charge is 0.491 e. The van der Waals surface area contributed by atoms with Crippen LogP contribution in [0.3, 0.4) is 0 Å². The summed E-state index contributed by atoms with van der Waals surface area (Å²) in [5.74, 6) is 1.05. The molecule has 5 nitrogen and oxygen atoms in total. The van der Waals surface area contributed by atoms with Crippen LogP contribution in [-0.2, 0) is 9.84 Å². The molecular weight excluding hydrogens is 386 g/mol. The van der Waals surface area contributed by atoms with Crippen LogP contribution in [0.2, 0.25) is 5.02 Å². The van der Waals surface area contributed by atoms with Gasteiger partial charge in [0.25, 0.3) is 0 Å². The molecule has 0 aromatic heterocycles. The molecule has 0 saturated heterocycles. The molecule has 1 aliphatic rings. The molecule has 146 valence electrons. The summed E-state index contributed by atoms with van der Waals surface area (Å²) in [5, 5.41) is 14.2. The van der Waals surface area contributed by atoms with E-state index in [0.717, 1.165) is 24.1 Å². The lowest BCUT2D eigenvalue weighted by Gasteiger charge is -2.37. The van der Waals surface area contributed by atoms with Crippen LogP contribution in [0.15, 0.2) is 53.4 Å². The molecule has 0 unspecified atom stereocenters. The number of aliphatic hydroxyl groups is 1. The fourth-order valence-electron chi connectivity index (χ4n) is 3.15. The molecule has 2 N–H and O–H groups in total. The van der Waals surface area contributed by atoms with E-state index in [9.17, 15) is 13.5 Å². The van der Waals surface area contributed by atoms with Crippen molar-refractivity contribution in [2.45, 2.75) is 35.8 Å².